The summed E-state index contributed by atoms with van der Waals surface area (Å²) in [6, 6.07) is 0. The highest BCUT2D eigenvalue weighted by Crippen LogP contribution is 2.22. The topological polar surface area (TPSA) is 68.9 Å². The fraction of sp³-hybridized carbons (Fsp3) is 0.529. The van der Waals surface area contributed by atoms with Gasteiger partial charge in [-0.25, -0.2) is 4.98 Å². The van der Waals surface area contributed by atoms with Gasteiger partial charge in [-0.2, -0.15) is 0 Å². The molecular formula is C17H22N4O2S2. The maximum atomic E-state index is 12.6. The van der Waals surface area contributed by atoms with Crippen LogP contribution in [-0.4, -0.2) is 26.6 Å². The number of amides is 1. The molecule has 0 radical (unpaired) electrons. The van der Waals surface area contributed by atoms with Gasteiger partial charge in [-0.1, -0.05) is 36.7 Å². The van der Waals surface area contributed by atoms with Crippen molar-refractivity contribution >= 4 is 39.8 Å². The molecule has 1 aliphatic carbocycles. The van der Waals surface area contributed by atoms with Gasteiger partial charge in [0.25, 0.3) is 5.56 Å². The molecule has 1 saturated carbocycles. The minimum atomic E-state index is -0.225. The molecule has 134 valence electrons. The molecule has 2 aromatic heterocycles. The molecule has 1 N–H and O–H groups in total. The van der Waals surface area contributed by atoms with Crippen LogP contribution in [0.2, 0.25) is 0 Å². The lowest BCUT2D eigenvalue weighted by Crippen LogP contribution is -2.35. The fourth-order valence-electron chi connectivity index (χ4n) is 3.23. The molecule has 25 heavy (non-hydrogen) atoms. The smallest absolute Gasteiger partial charge is 0.273 e. The van der Waals surface area contributed by atoms with E-state index in [9.17, 15) is 9.59 Å². The Kier molecular flexibility index (Phi) is 5.80. The second-order valence-corrected chi connectivity index (χ2v) is 8.05. The number of nitrogens with zero attached hydrogens (tertiary/aromatic N) is 3. The average molecular weight is 379 g/mol. The van der Waals surface area contributed by atoms with Gasteiger partial charge in [0.1, 0.15) is 17.6 Å². The molecule has 0 atom stereocenters. The van der Waals surface area contributed by atoms with E-state index in [0.29, 0.717) is 33.3 Å². The van der Waals surface area contributed by atoms with Crippen LogP contribution in [-0.2, 0) is 17.9 Å². The first-order chi connectivity index (χ1) is 12.1. The summed E-state index contributed by atoms with van der Waals surface area (Å²) in [6.07, 6.45) is 9.27. The lowest BCUT2D eigenvalue weighted by atomic mass is 9.89. The Morgan fingerprint density at radius 2 is 2.20 bits per heavy atom. The third-order valence-electron chi connectivity index (χ3n) is 4.58. The molecule has 0 spiro atoms. The van der Waals surface area contributed by atoms with E-state index in [0.717, 1.165) is 0 Å². The summed E-state index contributed by atoms with van der Waals surface area (Å²) in [5.41, 5.74) is 0.329. The highest BCUT2D eigenvalue weighted by Gasteiger charge is 2.16. The molecule has 6 nitrogen and oxygen atoms in total. The Balaban J connectivity index is 1.72. The molecule has 3 rings (SSSR count). The predicted molar refractivity (Wildman–Crippen MR) is 102 cm³/mol. The van der Waals surface area contributed by atoms with Crippen LogP contribution in [0.1, 0.15) is 32.1 Å². The molecule has 0 unspecified atom stereocenters. The number of carbonyl (C=O) groups excluding carboxylic acids is 1. The van der Waals surface area contributed by atoms with Crippen molar-refractivity contribution in [2.24, 2.45) is 5.92 Å². The lowest BCUT2D eigenvalue weighted by Gasteiger charge is -2.21. The van der Waals surface area contributed by atoms with Gasteiger partial charge in [0, 0.05) is 13.1 Å². The minimum Gasteiger partial charge on any atom is -0.354 e. The van der Waals surface area contributed by atoms with Gasteiger partial charge in [-0.15, -0.1) is 6.58 Å². The zero-order chi connectivity index (χ0) is 17.8. The van der Waals surface area contributed by atoms with Crippen molar-refractivity contribution in [2.45, 2.75) is 45.2 Å². The van der Waals surface area contributed by atoms with Crippen LogP contribution in [0.3, 0.4) is 0 Å². The molecule has 0 bridgehead atoms. The van der Waals surface area contributed by atoms with Crippen molar-refractivity contribution in [3.63, 3.8) is 0 Å². The highest BCUT2D eigenvalue weighted by molar-refractivity contribution is 7.73. The van der Waals surface area contributed by atoms with Gasteiger partial charge < -0.3 is 9.88 Å². The van der Waals surface area contributed by atoms with Crippen molar-refractivity contribution < 1.29 is 4.79 Å². The Labute approximate surface area is 155 Å². The molecule has 1 fully saturated rings. The van der Waals surface area contributed by atoms with Crippen LogP contribution in [0.15, 0.2) is 23.8 Å². The monoisotopic (exact) mass is 378 g/mol. The number of aromatic nitrogens is 3. The zero-order valence-corrected chi connectivity index (χ0v) is 15.7. The van der Waals surface area contributed by atoms with Crippen LogP contribution >= 0.6 is 23.6 Å². The summed E-state index contributed by atoms with van der Waals surface area (Å²) in [5.74, 6) is 0.413. The Morgan fingerprint density at radius 1 is 1.44 bits per heavy atom. The maximum absolute atomic E-state index is 12.6. The number of nitrogens with one attached hydrogen (secondary N) is 1. The summed E-state index contributed by atoms with van der Waals surface area (Å²) in [6.45, 7) is 4.89. The first kappa shape index (κ1) is 18.0. The average Bonchev–Trinajstić information content (AvgIpc) is 2.94. The quantitative estimate of drug-likeness (QED) is 0.620. The van der Waals surface area contributed by atoms with Crippen LogP contribution < -0.4 is 10.9 Å². The van der Waals surface area contributed by atoms with Gasteiger partial charge in [0.05, 0.1) is 0 Å². The third-order valence-corrected chi connectivity index (χ3v) is 6.01. The van der Waals surface area contributed by atoms with Crippen LogP contribution in [0.4, 0.5) is 0 Å². The van der Waals surface area contributed by atoms with E-state index in [1.807, 2.05) is 0 Å². The predicted octanol–water partition coefficient (Wildman–Crippen LogP) is 2.87. The van der Waals surface area contributed by atoms with E-state index in [4.69, 9.17) is 12.2 Å². The molecule has 8 heteroatoms. The summed E-state index contributed by atoms with van der Waals surface area (Å²) in [4.78, 5) is 29.1. The van der Waals surface area contributed by atoms with Gasteiger partial charge in [-0.05, 0) is 31.0 Å². The molecule has 1 aliphatic rings. The van der Waals surface area contributed by atoms with E-state index in [-0.39, 0.29) is 18.0 Å². The molecular weight excluding hydrogens is 356 g/mol. The molecule has 0 aromatic carbocycles. The second kappa shape index (κ2) is 8.05. The number of fused-ring (bicyclic) bond motifs is 1. The van der Waals surface area contributed by atoms with Crippen molar-refractivity contribution in [3.05, 3.63) is 33.3 Å². The van der Waals surface area contributed by atoms with E-state index in [1.165, 1.54) is 54.3 Å². The van der Waals surface area contributed by atoms with Crippen molar-refractivity contribution in [1.29, 1.82) is 0 Å². The molecule has 0 saturated heterocycles. The second-order valence-electron chi connectivity index (χ2n) is 6.41. The standard InChI is InChI=1S/C17H22N4O2S2/c1-2-8-21-15-14(25-17(21)24)16(23)20(11-19-15)10-13(22)18-9-12-6-4-3-5-7-12/h2,11-12H,1,3-10H2,(H,18,22). The molecule has 0 aliphatic heterocycles. The normalized spacial score (nSPS) is 15.4. The van der Waals surface area contributed by atoms with Crippen LogP contribution in [0, 0.1) is 9.87 Å². The van der Waals surface area contributed by atoms with Crippen molar-refractivity contribution in [2.75, 3.05) is 6.54 Å². The number of rotatable bonds is 6. The number of hydrogen-bond donors (Lipinski definition) is 1. The summed E-state index contributed by atoms with van der Waals surface area (Å²) < 4.78 is 4.19. The molecule has 2 heterocycles. The summed E-state index contributed by atoms with van der Waals surface area (Å²) >= 11 is 6.51. The number of hydrogen-bond acceptors (Lipinski definition) is 5. The van der Waals surface area contributed by atoms with Gasteiger partial charge >= 0.3 is 0 Å². The Morgan fingerprint density at radius 3 is 2.92 bits per heavy atom. The number of carbonyl (C=O) groups is 1. The highest BCUT2D eigenvalue weighted by atomic mass is 32.1. The first-order valence-corrected chi connectivity index (χ1v) is 9.79. The van der Waals surface area contributed by atoms with Gasteiger partial charge in [0.2, 0.25) is 5.91 Å². The molecule has 2 aromatic rings. The van der Waals surface area contributed by atoms with E-state index < -0.39 is 0 Å². The number of thiazole rings is 1. The zero-order valence-electron chi connectivity index (χ0n) is 14.1. The Hall–Kier alpha value is -1.80. The van der Waals surface area contributed by atoms with Crippen molar-refractivity contribution in [1.82, 2.24) is 19.4 Å². The van der Waals surface area contributed by atoms with Crippen LogP contribution in [0.25, 0.3) is 10.3 Å². The van der Waals surface area contributed by atoms with E-state index in [1.54, 1.807) is 10.6 Å². The Bertz CT molecular complexity index is 890. The summed E-state index contributed by atoms with van der Waals surface area (Å²) in [5, 5.41) is 2.95. The van der Waals surface area contributed by atoms with E-state index in [2.05, 4.69) is 16.9 Å². The third kappa shape index (κ3) is 4.07. The molecule has 1 amide bonds. The SMILES string of the molecule is C=CCn1c(=S)sc2c(=O)n(CC(=O)NCC3CCCCC3)cnc21. The number of allylic oxidation sites excluding steroid dienone is 1. The maximum Gasteiger partial charge on any atom is 0.273 e. The largest absolute Gasteiger partial charge is 0.354 e. The summed E-state index contributed by atoms with van der Waals surface area (Å²) in [7, 11) is 0. The minimum absolute atomic E-state index is 0.0133. The fourth-order valence-corrected chi connectivity index (χ4v) is 4.55. The van der Waals surface area contributed by atoms with Crippen molar-refractivity contribution in [3.8, 4) is 0 Å². The van der Waals surface area contributed by atoms with Crippen LogP contribution in [0.5, 0.6) is 0 Å². The lowest BCUT2D eigenvalue weighted by molar-refractivity contribution is -0.121. The van der Waals surface area contributed by atoms with Gasteiger partial charge in [-0.3, -0.25) is 14.2 Å². The van der Waals surface area contributed by atoms with E-state index >= 15 is 0 Å². The van der Waals surface area contributed by atoms with Gasteiger partial charge in [0.15, 0.2) is 9.60 Å². The first-order valence-electron chi connectivity index (χ1n) is 8.56.